The van der Waals surface area contributed by atoms with Crippen LogP contribution < -0.4 is 5.56 Å². The molecular weight excluding hydrogens is 270 g/mol. The summed E-state index contributed by atoms with van der Waals surface area (Å²) < 4.78 is 0. The minimum Gasteiger partial charge on any atom is -0.310 e. The summed E-state index contributed by atoms with van der Waals surface area (Å²) in [5, 5.41) is 4.28. The van der Waals surface area contributed by atoms with Gasteiger partial charge < -0.3 is 4.98 Å². The molecule has 1 fully saturated rings. The van der Waals surface area contributed by atoms with Crippen LogP contribution in [0.2, 0.25) is 0 Å². The van der Waals surface area contributed by atoms with Crippen molar-refractivity contribution < 1.29 is 0 Å². The second-order valence-corrected chi connectivity index (χ2v) is 6.52. The predicted molar refractivity (Wildman–Crippen MR) is 79.0 cm³/mol. The zero-order valence-electron chi connectivity index (χ0n) is 11.3. The highest BCUT2D eigenvalue weighted by molar-refractivity contribution is 7.07. The second-order valence-electron chi connectivity index (χ2n) is 5.74. The van der Waals surface area contributed by atoms with Crippen LogP contribution in [-0.2, 0) is 19.5 Å². The molecule has 0 saturated heterocycles. The fraction of sp³-hybridized carbons (Fsp3) is 0.467. The average molecular weight is 287 g/mol. The molecule has 4 nitrogen and oxygen atoms in total. The van der Waals surface area contributed by atoms with Crippen molar-refractivity contribution in [1.29, 1.82) is 0 Å². The summed E-state index contributed by atoms with van der Waals surface area (Å²) in [6, 6.07) is 2.15. The number of nitrogens with one attached hydrogen (secondary N) is 1. The van der Waals surface area contributed by atoms with Crippen molar-refractivity contribution >= 4 is 11.3 Å². The van der Waals surface area contributed by atoms with Crippen LogP contribution in [0.5, 0.6) is 0 Å². The van der Waals surface area contributed by atoms with Gasteiger partial charge in [-0.15, -0.1) is 0 Å². The van der Waals surface area contributed by atoms with E-state index in [0.717, 1.165) is 43.1 Å². The van der Waals surface area contributed by atoms with Gasteiger partial charge in [-0.25, -0.2) is 4.98 Å². The lowest BCUT2D eigenvalue weighted by Crippen LogP contribution is -2.35. The number of fused-ring (bicyclic) bond motifs is 1. The zero-order valence-corrected chi connectivity index (χ0v) is 12.1. The number of nitrogens with zero attached hydrogens (tertiary/aromatic N) is 2. The highest BCUT2D eigenvalue weighted by Gasteiger charge is 2.29. The van der Waals surface area contributed by atoms with Crippen LogP contribution in [0.25, 0.3) is 0 Å². The first-order valence-corrected chi connectivity index (χ1v) is 8.09. The van der Waals surface area contributed by atoms with E-state index in [1.54, 1.807) is 11.3 Å². The van der Waals surface area contributed by atoms with Crippen LogP contribution in [0.1, 0.15) is 41.4 Å². The van der Waals surface area contributed by atoms with E-state index in [0.29, 0.717) is 5.92 Å². The maximum Gasteiger partial charge on any atom is 0.255 e. The molecule has 4 rings (SSSR count). The lowest BCUT2D eigenvalue weighted by molar-refractivity contribution is 0.241. The van der Waals surface area contributed by atoms with Crippen LogP contribution >= 0.6 is 11.3 Å². The van der Waals surface area contributed by atoms with E-state index in [2.05, 4.69) is 31.7 Å². The molecule has 2 aromatic rings. The lowest BCUT2D eigenvalue weighted by atomic mass is 10.1. The summed E-state index contributed by atoms with van der Waals surface area (Å²) >= 11 is 1.72. The van der Waals surface area contributed by atoms with E-state index < -0.39 is 0 Å². The number of hydrogen-bond donors (Lipinski definition) is 1. The third kappa shape index (κ3) is 2.31. The van der Waals surface area contributed by atoms with Crippen molar-refractivity contribution in [3.63, 3.8) is 0 Å². The van der Waals surface area contributed by atoms with E-state index in [1.807, 2.05) is 0 Å². The number of hydrogen-bond acceptors (Lipinski definition) is 4. The van der Waals surface area contributed by atoms with Gasteiger partial charge in [0.05, 0.1) is 11.3 Å². The Morgan fingerprint density at radius 3 is 3.10 bits per heavy atom. The van der Waals surface area contributed by atoms with Gasteiger partial charge in [-0.1, -0.05) is 0 Å². The SMILES string of the molecule is O=c1[nH]c(C2CC2)nc2c1CN(Cc1ccsc1)CC2. The molecule has 2 aromatic heterocycles. The van der Waals surface area contributed by atoms with Gasteiger partial charge in [0.15, 0.2) is 0 Å². The van der Waals surface area contributed by atoms with Gasteiger partial charge in [0.1, 0.15) is 5.82 Å². The normalized spacial score (nSPS) is 19.0. The van der Waals surface area contributed by atoms with Crippen LogP contribution in [0.15, 0.2) is 21.6 Å². The molecule has 2 aliphatic rings. The molecule has 1 N–H and O–H groups in total. The molecule has 0 unspecified atom stereocenters. The van der Waals surface area contributed by atoms with Gasteiger partial charge in [-0.3, -0.25) is 9.69 Å². The van der Waals surface area contributed by atoms with Gasteiger partial charge in [0.2, 0.25) is 0 Å². The smallest absolute Gasteiger partial charge is 0.255 e. The second kappa shape index (κ2) is 4.82. The molecule has 0 bridgehead atoms. The summed E-state index contributed by atoms with van der Waals surface area (Å²) in [4.78, 5) is 22.2. The van der Waals surface area contributed by atoms with E-state index in [-0.39, 0.29) is 5.56 Å². The highest BCUT2D eigenvalue weighted by atomic mass is 32.1. The van der Waals surface area contributed by atoms with Crippen molar-refractivity contribution in [3.05, 3.63) is 49.8 Å². The first-order chi connectivity index (χ1) is 9.79. The molecule has 3 heterocycles. The van der Waals surface area contributed by atoms with Crippen molar-refractivity contribution in [2.24, 2.45) is 0 Å². The first kappa shape index (κ1) is 12.3. The minimum absolute atomic E-state index is 0.0759. The molecule has 20 heavy (non-hydrogen) atoms. The number of thiophene rings is 1. The van der Waals surface area contributed by atoms with Gasteiger partial charge in [-0.05, 0) is 35.2 Å². The van der Waals surface area contributed by atoms with Crippen molar-refractivity contribution in [1.82, 2.24) is 14.9 Å². The van der Waals surface area contributed by atoms with Crippen molar-refractivity contribution in [2.75, 3.05) is 6.54 Å². The van der Waals surface area contributed by atoms with Crippen molar-refractivity contribution in [3.8, 4) is 0 Å². The standard InChI is InChI=1S/C15H17N3OS/c19-15-12-8-18(7-10-4-6-20-9-10)5-3-13(12)16-14(17-15)11-1-2-11/h4,6,9,11H,1-3,5,7-8H2,(H,16,17,19). The van der Waals surface area contributed by atoms with Gasteiger partial charge >= 0.3 is 0 Å². The quantitative estimate of drug-likeness (QED) is 0.942. The highest BCUT2D eigenvalue weighted by Crippen LogP contribution is 2.37. The number of rotatable bonds is 3. The van der Waals surface area contributed by atoms with E-state index in [1.165, 1.54) is 18.4 Å². The minimum atomic E-state index is 0.0759. The number of aromatic amines is 1. The Kier molecular flexibility index (Phi) is 2.97. The molecule has 0 radical (unpaired) electrons. The molecule has 0 atom stereocenters. The summed E-state index contributed by atoms with van der Waals surface area (Å²) in [5.74, 6) is 1.43. The van der Waals surface area contributed by atoms with E-state index >= 15 is 0 Å². The van der Waals surface area contributed by atoms with E-state index in [9.17, 15) is 4.79 Å². The van der Waals surface area contributed by atoms with Gasteiger partial charge in [-0.2, -0.15) is 11.3 Å². The fourth-order valence-electron chi connectivity index (χ4n) is 2.83. The lowest BCUT2D eigenvalue weighted by Gasteiger charge is -2.27. The largest absolute Gasteiger partial charge is 0.310 e. The van der Waals surface area contributed by atoms with Crippen LogP contribution in [0.3, 0.4) is 0 Å². The molecule has 1 aliphatic heterocycles. The maximum atomic E-state index is 12.2. The van der Waals surface area contributed by atoms with Crippen LogP contribution in [0.4, 0.5) is 0 Å². The molecule has 0 amide bonds. The predicted octanol–water partition coefficient (Wildman–Crippen LogP) is 2.27. The molecule has 0 aromatic carbocycles. The third-order valence-corrected chi connectivity index (χ3v) is 4.85. The third-order valence-electron chi connectivity index (χ3n) is 4.12. The fourth-order valence-corrected chi connectivity index (χ4v) is 3.49. The Bertz CT molecular complexity index is 673. The Labute approximate surface area is 121 Å². The topological polar surface area (TPSA) is 49.0 Å². The number of H-pyrrole nitrogens is 1. The average Bonchev–Trinajstić information content (AvgIpc) is 3.18. The zero-order chi connectivity index (χ0) is 13.5. The Hall–Kier alpha value is -1.46. The number of aromatic nitrogens is 2. The molecule has 5 heteroatoms. The Balaban J connectivity index is 1.58. The van der Waals surface area contributed by atoms with Crippen LogP contribution in [-0.4, -0.2) is 21.4 Å². The van der Waals surface area contributed by atoms with Crippen LogP contribution in [0, 0.1) is 0 Å². The first-order valence-electron chi connectivity index (χ1n) is 7.15. The molecule has 0 spiro atoms. The summed E-state index contributed by atoms with van der Waals surface area (Å²) in [5.41, 5.74) is 3.30. The molecule has 104 valence electrons. The monoisotopic (exact) mass is 287 g/mol. The van der Waals surface area contributed by atoms with Crippen molar-refractivity contribution in [2.45, 2.75) is 38.3 Å². The summed E-state index contributed by atoms with van der Waals surface area (Å²) in [7, 11) is 0. The molecular formula is C15H17N3OS. The maximum absolute atomic E-state index is 12.2. The van der Waals surface area contributed by atoms with Gasteiger partial charge in [0.25, 0.3) is 5.56 Å². The Morgan fingerprint density at radius 2 is 2.35 bits per heavy atom. The summed E-state index contributed by atoms with van der Waals surface area (Å²) in [6.45, 7) is 2.63. The molecule has 1 saturated carbocycles. The van der Waals surface area contributed by atoms with Gasteiger partial charge in [0, 0.05) is 32.0 Å². The Morgan fingerprint density at radius 1 is 1.45 bits per heavy atom. The summed E-state index contributed by atoms with van der Waals surface area (Å²) in [6.07, 6.45) is 3.24. The van der Waals surface area contributed by atoms with E-state index in [4.69, 9.17) is 0 Å². The molecule has 1 aliphatic carbocycles.